The van der Waals surface area contributed by atoms with Gasteiger partial charge in [0.1, 0.15) is 0 Å². The molecule has 0 spiro atoms. The van der Waals surface area contributed by atoms with Crippen LogP contribution in [0.3, 0.4) is 0 Å². The van der Waals surface area contributed by atoms with Crippen LogP contribution in [0.4, 0.5) is 4.79 Å². The predicted octanol–water partition coefficient (Wildman–Crippen LogP) is 3.97. The number of carboxylic acid groups (broad SMARTS) is 1. The minimum Gasteiger partial charge on any atom is -0.465 e. The lowest BCUT2D eigenvalue weighted by atomic mass is 10.1. The Hall–Kier alpha value is -2.79. The van der Waals surface area contributed by atoms with Crippen molar-refractivity contribution in [3.63, 3.8) is 0 Å². The monoisotopic (exact) mass is 342 g/mol. The van der Waals surface area contributed by atoms with Crippen molar-refractivity contribution >= 4 is 28.5 Å². The number of amides is 1. The summed E-state index contributed by atoms with van der Waals surface area (Å²) in [7, 11) is 0. The zero-order valence-electron chi connectivity index (χ0n) is 12.9. The molecule has 1 unspecified atom stereocenters. The van der Waals surface area contributed by atoms with E-state index >= 15 is 0 Å². The van der Waals surface area contributed by atoms with Crippen molar-refractivity contribution in [2.45, 2.75) is 13.0 Å². The van der Waals surface area contributed by atoms with Gasteiger partial charge < -0.3 is 10.4 Å². The number of benzene rings is 2. The lowest BCUT2D eigenvalue weighted by Crippen LogP contribution is -2.31. The van der Waals surface area contributed by atoms with Crippen LogP contribution in [0.15, 0.2) is 59.4 Å². The number of hydrogen-bond donors (Lipinski definition) is 2. The number of fused-ring (bicyclic) bond motifs is 1. The van der Waals surface area contributed by atoms with Gasteiger partial charge in [0, 0.05) is 11.4 Å². The van der Waals surface area contributed by atoms with Crippen LogP contribution >= 0.6 is 11.6 Å². The van der Waals surface area contributed by atoms with Crippen molar-refractivity contribution in [2.75, 3.05) is 0 Å². The van der Waals surface area contributed by atoms with Crippen LogP contribution < -0.4 is 10.9 Å². The fourth-order valence-corrected chi connectivity index (χ4v) is 3.02. The maximum atomic E-state index is 13.1. The second-order valence-electron chi connectivity index (χ2n) is 5.42. The van der Waals surface area contributed by atoms with Crippen molar-refractivity contribution < 1.29 is 9.90 Å². The highest BCUT2D eigenvalue weighted by molar-refractivity contribution is 6.35. The van der Waals surface area contributed by atoms with Crippen molar-refractivity contribution in [2.24, 2.45) is 0 Å². The standard InChI is InChI=1S/C18H15ClN2O3/c1-11(20-18(23)24)15-10-12-6-5-9-14(19)16(12)17(22)21(15)13-7-3-2-4-8-13/h2-11,20H,1H3,(H,23,24). The summed E-state index contributed by atoms with van der Waals surface area (Å²) in [5.74, 6) is 0. The summed E-state index contributed by atoms with van der Waals surface area (Å²) < 4.78 is 1.49. The molecule has 5 nitrogen and oxygen atoms in total. The molecule has 6 heteroatoms. The molecular formula is C18H15ClN2O3. The van der Waals surface area contributed by atoms with Gasteiger partial charge in [0.25, 0.3) is 5.56 Å². The van der Waals surface area contributed by atoms with Crippen molar-refractivity contribution in [1.82, 2.24) is 9.88 Å². The van der Waals surface area contributed by atoms with Gasteiger partial charge in [0.15, 0.2) is 0 Å². The van der Waals surface area contributed by atoms with Gasteiger partial charge in [-0.05, 0) is 36.6 Å². The van der Waals surface area contributed by atoms with E-state index in [2.05, 4.69) is 5.32 Å². The number of rotatable bonds is 3. The van der Waals surface area contributed by atoms with E-state index in [1.165, 1.54) is 4.57 Å². The molecule has 0 fully saturated rings. The number of para-hydroxylation sites is 1. The molecular weight excluding hydrogens is 328 g/mol. The SMILES string of the molecule is CC(NC(=O)O)c1cc2cccc(Cl)c2c(=O)n1-c1ccccc1. The molecule has 2 N–H and O–H groups in total. The van der Waals surface area contributed by atoms with Gasteiger partial charge in [-0.2, -0.15) is 0 Å². The summed E-state index contributed by atoms with van der Waals surface area (Å²) in [5.41, 5.74) is 0.917. The third-order valence-electron chi connectivity index (χ3n) is 3.82. The fraction of sp³-hybridized carbons (Fsp3) is 0.111. The molecule has 3 rings (SSSR count). The van der Waals surface area contributed by atoms with E-state index in [1.807, 2.05) is 18.2 Å². The molecule has 0 saturated heterocycles. The first-order chi connectivity index (χ1) is 11.5. The lowest BCUT2D eigenvalue weighted by Gasteiger charge is -2.20. The quantitative estimate of drug-likeness (QED) is 0.756. The molecule has 0 aliphatic rings. The number of carbonyl (C=O) groups is 1. The maximum absolute atomic E-state index is 13.1. The Balaban J connectivity index is 2.37. The Morgan fingerprint density at radius 1 is 1.17 bits per heavy atom. The van der Waals surface area contributed by atoms with E-state index in [9.17, 15) is 9.59 Å². The van der Waals surface area contributed by atoms with Crippen LogP contribution in [-0.4, -0.2) is 15.8 Å². The normalized spacial score (nSPS) is 12.1. The Morgan fingerprint density at radius 2 is 1.88 bits per heavy atom. The summed E-state index contributed by atoms with van der Waals surface area (Å²) in [6, 6.07) is 15.5. The van der Waals surface area contributed by atoms with Gasteiger partial charge >= 0.3 is 6.09 Å². The van der Waals surface area contributed by atoms with Crippen LogP contribution in [0, 0.1) is 0 Å². The molecule has 0 aliphatic carbocycles. The predicted molar refractivity (Wildman–Crippen MR) is 94.1 cm³/mol. The first-order valence-corrected chi connectivity index (χ1v) is 7.76. The summed E-state index contributed by atoms with van der Waals surface area (Å²) in [6.07, 6.45) is -1.15. The van der Waals surface area contributed by atoms with E-state index in [0.29, 0.717) is 27.2 Å². The number of nitrogens with zero attached hydrogens (tertiary/aromatic N) is 1. The minimum absolute atomic E-state index is 0.279. The molecule has 0 radical (unpaired) electrons. The first-order valence-electron chi connectivity index (χ1n) is 7.38. The van der Waals surface area contributed by atoms with Crippen LogP contribution in [-0.2, 0) is 0 Å². The second-order valence-corrected chi connectivity index (χ2v) is 5.83. The summed E-state index contributed by atoms with van der Waals surface area (Å²) in [6.45, 7) is 1.69. The average molecular weight is 343 g/mol. The van der Waals surface area contributed by atoms with E-state index in [-0.39, 0.29) is 5.56 Å². The van der Waals surface area contributed by atoms with Crippen molar-refractivity contribution in [3.05, 3.63) is 75.7 Å². The molecule has 3 aromatic rings. The van der Waals surface area contributed by atoms with Crippen LogP contribution in [0.1, 0.15) is 18.7 Å². The number of halogens is 1. The highest BCUT2D eigenvalue weighted by Crippen LogP contribution is 2.25. The highest BCUT2D eigenvalue weighted by atomic mass is 35.5. The van der Waals surface area contributed by atoms with E-state index in [1.54, 1.807) is 43.3 Å². The highest BCUT2D eigenvalue weighted by Gasteiger charge is 2.18. The molecule has 122 valence electrons. The zero-order valence-corrected chi connectivity index (χ0v) is 13.6. The van der Waals surface area contributed by atoms with E-state index < -0.39 is 12.1 Å². The maximum Gasteiger partial charge on any atom is 0.405 e. The lowest BCUT2D eigenvalue weighted by molar-refractivity contribution is 0.190. The Kier molecular flexibility index (Phi) is 4.27. The Bertz CT molecular complexity index is 967. The topological polar surface area (TPSA) is 71.3 Å². The number of nitrogens with one attached hydrogen (secondary N) is 1. The van der Waals surface area contributed by atoms with E-state index in [0.717, 1.165) is 0 Å². The molecule has 1 amide bonds. The fourth-order valence-electron chi connectivity index (χ4n) is 2.76. The molecule has 1 atom stereocenters. The molecule has 0 bridgehead atoms. The molecule has 0 aliphatic heterocycles. The molecule has 2 aromatic carbocycles. The number of aromatic nitrogens is 1. The van der Waals surface area contributed by atoms with Gasteiger partial charge in [0.2, 0.25) is 0 Å². The summed E-state index contributed by atoms with van der Waals surface area (Å²) in [4.78, 5) is 24.1. The van der Waals surface area contributed by atoms with Gasteiger partial charge in [-0.15, -0.1) is 0 Å². The second kappa shape index (κ2) is 6.37. The number of pyridine rings is 1. The van der Waals surface area contributed by atoms with Gasteiger partial charge in [-0.25, -0.2) is 4.79 Å². The first kappa shape index (κ1) is 16.1. The summed E-state index contributed by atoms with van der Waals surface area (Å²) >= 11 is 6.21. The van der Waals surface area contributed by atoms with Gasteiger partial charge in [0.05, 0.1) is 16.5 Å². The molecule has 1 heterocycles. The average Bonchev–Trinajstić information content (AvgIpc) is 2.54. The molecule has 0 saturated carbocycles. The van der Waals surface area contributed by atoms with E-state index in [4.69, 9.17) is 16.7 Å². The van der Waals surface area contributed by atoms with Crippen LogP contribution in [0.25, 0.3) is 16.5 Å². The largest absolute Gasteiger partial charge is 0.465 e. The van der Waals surface area contributed by atoms with Crippen LogP contribution in [0.5, 0.6) is 0 Å². The summed E-state index contributed by atoms with van der Waals surface area (Å²) in [5, 5.41) is 12.9. The smallest absolute Gasteiger partial charge is 0.405 e. The van der Waals surface area contributed by atoms with Crippen molar-refractivity contribution in [1.29, 1.82) is 0 Å². The third-order valence-corrected chi connectivity index (χ3v) is 4.14. The minimum atomic E-state index is -1.15. The van der Waals surface area contributed by atoms with Crippen molar-refractivity contribution in [3.8, 4) is 5.69 Å². The third kappa shape index (κ3) is 2.86. The molecule has 1 aromatic heterocycles. The zero-order chi connectivity index (χ0) is 17.3. The number of hydrogen-bond acceptors (Lipinski definition) is 2. The Labute approximate surface area is 143 Å². The molecule has 24 heavy (non-hydrogen) atoms. The van der Waals surface area contributed by atoms with Gasteiger partial charge in [-0.3, -0.25) is 9.36 Å². The van der Waals surface area contributed by atoms with Gasteiger partial charge in [-0.1, -0.05) is 41.9 Å². The Morgan fingerprint density at radius 3 is 2.54 bits per heavy atom. The van der Waals surface area contributed by atoms with Crippen LogP contribution in [0.2, 0.25) is 5.02 Å².